The molecule has 0 amide bonds. The maximum absolute atomic E-state index is 13.1. The molecule has 1 atom stereocenters. The van der Waals surface area contributed by atoms with Crippen LogP contribution >= 0.6 is 0 Å². The zero-order chi connectivity index (χ0) is 13.8. The quantitative estimate of drug-likeness (QED) is 0.889. The van der Waals surface area contributed by atoms with Crippen molar-refractivity contribution in [1.82, 2.24) is 15.1 Å². The van der Waals surface area contributed by atoms with Gasteiger partial charge in [0.15, 0.2) is 11.6 Å². The fourth-order valence-corrected chi connectivity index (χ4v) is 2.35. The lowest BCUT2D eigenvalue weighted by molar-refractivity contribution is 0.113. The Bertz CT molecular complexity index is 425. The Labute approximate surface area is 113 Å². The van der Waals surface area contributed by atoms with Crippen molar-refractivity contribution in [2.24, 2.45) is 0 Å². The van der Waals surface area contributed by atoms with Crippen LogP contribution in [0, 0.1) is 11.6 Å². The highest BCUT2D eigenvalue weighted by Crippen LogP contribution is 2.09. The molecule has 1 aromatic rings. The van der Waals surface area contributed by atoms with Gasteiger partial charge in [-0.15, -0.1) is 0 Å². The molecule has 0 spiro atoms. The van der Waals surface area contributed by atoms with E-state index in [1.807, 2.05) is 0 Å². The van der Waals surface area contributed by atoms with Crippen molar-refractivity contribution in [1.29, 1.82) is 0 Å². The average molecular weight is 269 g/mol. The molecule has 2 rings (SSSR count). The molecule has 0 aliphatic carbocycles. The Morgan fingerprint density at radius 1 is 1.21 bits per heavy atom. The minimum absolute atomic E-state index is 0.462. The van der Waals surface area contributed by atoms with E-state index in [9.17, 15) is 8.78 Å². The Hall–Kier alpha value is -1.04. The average Bonchev–Trinajstić information content (AvgIpc) is 2.38. The van der Waals surface area contributed by atoms with Gasteiger partial charge in [-0.25, -0.2) is 8.78 Å². The van der Waals surface area contributed by atoms with Crippen LogP contribution in [0.2, 0.25) is 0 Å². The van der Waals surface area contributed by atoms with Crippen molar-refractivity contribution in [3.8, 4) is 0 Å². The molecule has 1 heterocycles. The molecule has 3 nitrogen and oxygen atoms in total. The number of benzene rings is 1. The summed E-state index contributed by atoms with van der Waals surface area (Å²) in [5.41, 5.74) is 0.769. The Balaban J connectivity index is 1.80. The fraction of sp³-hybridized carbons (Fsp3) is 0.571. The molecule has 1 saturated heterocycles. The van der Waals surface area contributed by atoms with Crippen LogP contribution in [0.5, 0.6) is 0 Å². The molecule has 0 aromatic heterocycles. The lowest BCUT2D eigenvalue weighted by Gasteiger charge is -2.37. The summed E-state index contributed by atoms with van der Waals surface area (Å²) in [5, 5.41) is 3.31. The van der Waals surface area contributed by atoms with Gasteiger partial charge >= 0.3 is 0 Å². The molecule has 5 heteroatoms. The number of rotatable bonds is 4. The fourth-order valence-electron chi connectivity index (χ4n) is 2.35. The van der Waals surface area contributed by atoms with Gasteiger partial charge < -0.3 is 10.2 Å². The lowest BCUT2D eigenvalue weighted by Crippen LogP contribution is -2.53. The number of nitrogens with one attached hydrogen (secondary N) is 1. The van der Waals surface area contributed by atoms with Crippen LogP contribution in [-0.2, 0) is 6.54 Å². The normalized spacial score (nSPS) is 21.8. The highest BCUT2D eigenvalue weighted by molar-refractivity contribution is 5.17. The monoisotopic (exact) mass is 269 g/mol. The van der Waals surface area contributed by atoms with Crippen LogP contribution in [0.3, 0.4) is 0 Å². The highest BCUT2D eigenvalue weighted by Gasteiger charge is 2.21. The first-order valence-corrected chi connectivity index (χ1v) is 6.59. The first-order valence-electron chi connectivity index (χ1n) is 6.59. The molecule has 0 saturated carbocycles. The maximum atomic E-state index is 13.1. The summed E-state index contributed by atoms with van der Waals surface area (Å²) < 4.78 is 25.9. The minimum atomic E-state index is -0.794. The second-order valence-corrected chi connectivity index (χ2v) is 5.28. The maximum Gasteiger partial charge on any atom is 0.159 e. The Morgan fingerprint density at radius 2 is 2.00 bits per heavy atom. The Kier molecular flexibility index (Phi) is 4.85. The van der Waals surface area contributed by atoms with Crippen LogP contribution < -0.4 is 5.32 Å². The van der Waals surface area contributed by atoms with E-state index >= 15 is 0 Å². The SMILES string of the molecule is CN1CCN(C)C(CNCc2ccc(F)c(F)c2)C1. The topological polar surface area (TPSA) is 18.5 Å². The summed E-state index contributed by atoms with van der Waals surface area (Å²) in [6.45, 7) is 4.59. The van der Waals surface area contributed by atoms with Crippen molar-refractivity contribution < 1.29 is 8.78 Å². The van der Waals surface area contributed by atoms with E-state index in [1.54, 1.807) is 6.07 Å². The molecule has 1 aliphatic rings. The first kappa shape index (κ1) is 14.4. The van der Waals surface area contributed by atoms with Crippen LogP contribution in [0.4, 0.5) is 8.78 Å². The van der Waals surface area contributed by atoms with Crippen LogP contribution in [0.15, 0.2) is 18.2 Å². The first-order chi connectivity index (χ1) is 9.06. The van der Waals surface area contributed by atoms with Crippen LogP contribution in [0.1, 0.15) is 5.56 Å². The minimum Gasteiger partial charge on any atom is -0.311 e. The Morgan fingerprint density at radius 3 is 2.74 bits per heavy atom. The van der Waals surface area contributed by atoms with E-state index in [-0.39, 0.29) is 0 Å². The molecule has 1 N–H and O–H groups in total. The van der Waals surface area contributed by atoms with Crippen LogP contribution in [-0.4, -0.2) is 56.1 Å². The summed E-state index contributed by atoms with van der Waals surface area (Å²) in [6, 6.07) is 4.50. The number of hydrogen-bond donors (Lipinski definition) is 1. The van der Waals surface area contributed by atoms with Gasteiger partial charge in [-0.3, -0.25) is 4.90 Å². The summed E-state index contributed by atoms with van der Waals surface area (Å²) in [4.78, 5) is 4.64. The number of hydrogen-bond acceptors (Lipinski definition) is 3. The third-order valence-corrected chi connectivity index (χ3v) is 3.67. The third kappa shape index (κ3) is 3.96. The van der Waals surface area contributed by atoms with Crippen molar-refractivity contribution in [3.05, 3.63) is 35.4 Å². The second kappa shape index (κ2) is 6.41. The summed E-state index contributed by atoms with van der Waals surface area (Å²) in [5.74, 6) is -1.58. The number of nitrogens with zero attached hydrogens (tertiary/aromatic N) is 2. The van der Waals surface area contributed by atoms with Gasteiger partial charge in [0.1, 0.15) is 0 Å². The van der Waals surface area contributed by atoms with E-state index in [4.69, 9.17) is 0 Å². The smallest absolute Gasteiger partial charge is 0.159 e. The van der Waals surface area contributed by atoms with Gasteiger partial charge in [0.25, 0.3) is 0 Å². The lowest BCUT2D eigenvalue weighted by atomic mass is 10.1. The van der Waals surface area contributed by atoms with Gasteiger partial charge in [0.2, 0.25) is 0 Å². The second-order valence-electron chi connectivity index (χ2n) is 5.28. The number of piperazine rings is 1. The summed E-state index contributed by atoms with van der Waals surface area (Å²) in [6.07, 6.45) is 0. The summed E-state index contributed by atoms with van der Waals surface area (Å²) in [7, 11) is 4.24. The van der Waals surface area contributed by atoms with Crippen molar-refractivity contribution in [2.75, 3.05) is 40.3 Å². The molecular weight excluding hydrogens is 248 g/mol. The zero-order valence-corrected chi connectivity index (χ0v) is 11.5. The predicted octanol–water partition coefficient (Wildman–Crippen LogP) is 1.30. The molecule has 1 fully saturated rings. The molecule has 1 aromatic carbocycles. The largest absolute Gasteiger partial charge is 0.311 e. The molecule has 106 valence electrons. The molecule has 0 radical (unpaired) electrons. The molecule has 19 heavy (non-hydrogen) atoms. The van der Waals surface area contributed by atoms with Crippen molar-refractivity contribution in [3.63, 3.8) is 0 Å². The molecule has 1 aliphatic heterocycles. The highest BCUT2D eigenvalue weighted by atomic mass is 19.2. The van der Waals surface area contributed by atoms with Gasteiger partial charge in [0.05, 0.1) is 0 Å². The van der Waals surface area contributed by atoms with E-state index in [2.05, 4.69) is 29.2 Å². The van der Waals surface area contributed by atoms with E-state index in [1.165, 1.54) is 12.1 Å². The third-order valence-electron chi connectivity index (χ3n) is 3.67. The van der Waals surface area contributed by atoms with Crippen molar-refractivity contribution >= 4 is 0 Å². The molecule has 1 unspecified atom stereocenters. The van der Waals surface area contributed by atoms with E-state index in [0.29, 0.717) is 12.6 Å². The molecular formula is C14H21F2N3. The van der Waals surface area contributed by atoms with Gasteiger partial charge in [0, 0.05) is 38.8 Å². The van der Waals surface area contributed by atoms with Gasteiger partial charge in [-0.05, 0) is 31.8 Å². The van der Waals surface area contributed by atoms with E-state index in [0.717, 1.165) is 31.7 Å². The zero-order valence-electron chi connectivity index (χ0n) is 11.5. The van der Waals surface area contributed by atoms with Crippen LogP contribution in [0.25, 0.3) is 0 Å². The predicted molar refractivity (Wildman–Crippen MR) is 72.0 cm³/mol. The van der Waals surface area contributed by atoms with Crippen molar-refractivity contribution in [2.45, 2.75) is 12.6 Å². The van der Waals surface area contributed by atoms with Gasteiger partial charge in [-0.2, -0.15) is 0 Å². The van der Waals surface area contributed by atoms with E-state index < -0.39 is 11.6 Å². The summed E-state index contributed by atoms with van der Waals surface area (Å²) >= 11 is 0. The standard InChI is InChI=1S/C14H21F2N3/c1-18-5-6-19(2)12(10-18)9-17-8-11-3-4-13(15)14(16)7-11/h3-4,7,12,17H,5-6,8-10H2,1-2H3. The number of halogens is 2. The molecule has 0 bridgehead atoms. The van der Waals surface area contributed by atoms with Gasteiger partial charge in [-0.1, -0.05) is 6.07 Å². The number of likely N-dealkylation sites (N-methyl/N-ethyl adjacent to an activating group) is 2.